The topological polar surface area (TPSA) is 55.1 Å². The van der Waals surface area contributed by atoms with Gasteiger partial charge in [-0.2, -0.15) is 18.2 Å². The Morgan fingerprint density at radius 3 is 2.43 bits per heavy atom. The predicted molar refractivity (Wildman–Crippen MR) is 96.2 cm³/mol. The van der Waals surface area contributed by atoms with E-state index in [0.717, 1.165) is 43.6 Å². The molecule has 3 aromatic rings. The van der Waals surface area contributed by atoms with Crippen LogP contribution in [0.4, 0.5) is 13.2 Å². The van der Waals surface area contributed by atoms with Gasteiger partial charge in [0.05, 0.1) is 5.56 Å². The molecule has 28 heavy (non-hydrogen) atoms. The van der Waals surface area contributed by atoms with Gasteiger partial charge >= 0.3 is 6.18 Å². The average molecular weight is 388 g/mol. The van der Waals surface area contributed by atoms with Crippen molar-refractivity contribution in [3.63, 3.8) is 0 Å². The van der Waals surface area contributed by atoms with Gasteiger partial charge in [-0.25, -0.2) is 0 Å². The summed E-state index contributed by atoms with van der Waals surface area (Å²) in [7, 11) is 0. The summed E-state index contributed by atoms with van der Waals surface area (Å²) in [5.41, 5.74) is 0.917. The summed E-state index contributed by atoms with van der Waals surface area (Å²) in [5.74, 6) is 1.32. The lowest BCUT2D eigenvalue weighted by molar-refractivity contribution is -0.137. The van der Waals surface area contributed by atoms with Gasteiger partial charge < -0.3 is 4.52 Å². The Morgan fingerprint density at radius 2 is 1.79 bits per heavy atom. The van der Waals surface area contributed by atoms with Gasteiger partial charge in [-0.3, -0.25) is 9.88 Å². The Bertz CT molecular complexity index is 901. The van der Waals surface area contributed by atoms with Gasteiger partial charge in [-0.15, -0.1) is 0 Å². The van der Waals surface area contributed by atoms with E-state index in [1.165, 1.54) is 0 Å². The molecule has 5 nitrogen and oxygen atoms in total. The highest BCUT2D eigenvalue weighted by Gasteiger charge is 2.30. The summed E-state index contributed by atoms with van der Waals surface area (Å²) in [5, 5.41) is 4.11. The smallest absolute Gasteiger partial charge is 0.332 e. The van der Waals surface area contributed by atoms with Crippen LogP contribution < -0.4 is 0 Å². The molecule has 1 fully saturated rings. The van der Waals surface area contributed by atoms with E-state index < -0.39 is 11.7 Å². The van der Waals surface area contributed by atoms with E-state index in [2.05, 4.69) is 20.0 Å². The molecule has 0 bridgehead atoms. The third-order valence-corrected chi connectivity index (χ3v) is 4.97. The molecule has 4 rings (SSSR count). The number of hydrogen-bond donors (Lipinski definition) is 0. The van der Waals surface area contributed by atoms with Crippen molar-refractivity contribution < 1.29 is 17.7 Å². The minimum Gasteiger partial charge on any atom is -0.332 e. The highest BCUT2D eigenvalue weighted by Crippen LogP contribution is 2.30. The summed E-state index contributed by atoms with van der Waals surface area (Å²) in [6.07, 6.45) is -0.863. The van der Waals surface area contributed by atoms with E-state index in [1.54, 1.807) is 18.3 Å². The monoisotopic (exact) mass is 388 g/mol. The first-order valence-electron chi connectivity index (χ1n) is 9.12. The number of likely N-dealkylation sites (tertiary alicyclic amines) is 1. The number of nitrogens with zero attached hydrogens (tertiary/aromatic N) is 4. The number of rotatable bonds is 4. The first kappa shape index (κ1) is 18.6. The predicted octanol–water partition coefficient (Wildman–Crippen LogP) is 4.53. The molecule has 1 saturated heterocycles. The first-order valence-corrected chi connectivity index (χ1v) is 9.12. The molecule has 0 radical (unpaired) electrons. The molecular weight excluding hydrogens is 369 g/mol. The van der Waals surface area contributed by atoms with E-state index in [0.29, 0.717) is 24.0 Å². The maximum absolute atomic E-state index is 12.7. The van der Waals surface area contributed by atoms with Crippen molar-refractivity contribution in [2.75, 3.05) is 13.1 Å². The Morgan fingerprint density at radius 1 is 1.04 bits per heavy atom. The molecule has 8 heteroatoms. The van der Waals surface area contributed by atoms with Gasteiger partial charge in [0.2, 0.25) is 0 Å². The molecule has 0 aliphatic carbocycles. The number of benzene rings is 1. The highest BCUT2D eigenvalue weighted by molar-refractivity contribution is 5.45. The van der Waals surface area contributed by atoms with Crippen LogP contribution in [-0.2, 0) is 12.7 Å². The highest BCUT2D eigenvalue weighted by atomic mass is 19.4. The van der Waals surface area contributed by atoms with Crippen LogP contribution in [0.3, 0.4) is 0 Å². The molecule has 1 aliphatic heterocycles. The Kier molecular flexibility index (Phi) is 5.13. The maximum atomic E-state index is 12.7. The third-order valence-electron chi connectivity index (χ3n) is 4.97. The molecule has 146 valence electrons. The number of pyridine rings is 1. The van der Waals surface area contributed by atoms with Crippen molar-refractivity contribution in [1.82, 2.24) is 20.0 Å². The second-order valence-corrected chi connectivity index (χ2v) is 6.92. The van der Waals surface area contributed by atoms with Gasteiger partial charge in [-0.1, -0.05) is 23.4 Å². The SMILES string of the molecule is FC(F)(F)c1ccc(CN2CCC(c3noc(-c4ccccn4)n3)CC2)cc1. The van der Waals surface area contributed by atoms with Gasteiger partial charge in [0.1, 0.15) is 5.69 Å². The summed E-state index contributed by atoms with van der Waals surface area (Å²) in [4.78, 5) is 10.9. The number of aromatic nitrogens is 3. The van der Waals surface area contributed by atoms with E-state index in [9.17, 15) is 13.2 Å². The Hall–Kier alpha value is -2.74. The van der Waals surface area contributed by atoms with Crippen molar-refractivity contribution in [1.29, 1.82) is 0 Å². The largest absolute Gasteiger partial charge is 0.416 e. The third kappa shape index (κ3) is 4.22. The molecule has 1 aromatic carbocycles. The number of piperidine rings is 1. The fraction of sp³-hybridized carbons (Fsp3) is 0.350. The van der Waals surface area contributed by atoms with Crippen LogP contribution in [0.5, 0.6) is 0 Å². The zero-order chi connectivity index (χ0) is 19.6. The molecular formula is C20H19F3N4O. The van der Waals surface area contributed by atoms with Crippen molar-refractivity contribution in [2.24, 2.45) is 0 Å². The molecule has 2 aromatic heterocycles. The summed E-state index contributed by atoms with van der Waals surface area (Å²) >= 11 is 0. The quantitative estimate of drug-likeness (QED) is 0.657. The minimum atomic E-state index is -4.30. The van der Waals surface area contributed by atoms with Crippen LogP contribution in [-0.4, -0.2) is 33.1 Å². The lowest BCUT2D eigenvalue weighted by Gasteiger charge is -2.30. The van der Waals surface area contributed by atoms with Crippen LogP contribution in [0.25, 0.3) is 11.6 Å². The molecule has 0 atom stereocenters. The van der Waals surface area contributed by atoms with Crippen molar-refractivity contribution in [3.05, 3.63) is 65.6 Å². The standard InChI is InChI=1S/C20H19F3N4O/c21-20(22,23)16-6-4-14(5-7-16)13-27-11-8-15(9-12-27)18-25-19(28-26-18)17-3-1-2-10-24-17/h1-7,10,15H,8-9,11-13H2. The van der Waals surface area contributed by atoms with Crippen LogP contribution in [0.1, 0.15) is 35.7 Å². The number of alkyl halides is 3. The van der Waals surface area contributed by atoms with E-state index in [4.69, 9.17) is 4.52 Å². The number of halogens is 3. The molecule has 3 heterocycles. The zero-order valence-corrected chi connectivity index (χ0v) is 15.1. The summed E-state index contributed by atoms with van der Waals surface area (Å²) in [6.45, 7) is 2.30. The second kappa shape index (κ2) is 7.71. The summed E-state index contributed by atoms with van der Waals surface area (Å²) in [6, 6.07) is 10.9. The van der Waals surface area contributed by atoms with Crippen LogP contribution in [0.2, 0.25) is 0 Å². The fourth-order valence-electron chi connectivity index (χ4n) is 3.40. The second-order valence-electron chi connectivity index (χ2n) is 6.92. The molecule has 0 unspecified atom stereocenters. The minimum absolute atomic E-state index is 0.213. The van der Waals surface area contributed by atoms with Crippen molar-refractivity contribution >= 4 is 0 Å². The maximum Gasteiger partial charge on any atom is 0.416 e. The molecule has 0 spiro atoms. The van der Waals surface area contributed by atoms with Gasteiger partial charge in [0, 0.05) is 18.7 Å². The van der Waals surface area contributed by atoms with Crippen LogP contribution in [0.15, 0.2) is 53.2 Å². The van der Waals surface area contributed by atoms with Crippen molar-refractivity contribution in [2.45, 2.75) is 31.5 Å². The van der Waals surface area contributed by atoms with E-state index >= 15 is 0 Å². The van der Waals surface area contributed by atoms with Gasteiger partial charge in [-0.05, 0) is 55.8 Å². The van der Waals surface area contributed by atoms with Crippen molar-refractivity contribution in [3.8, 4) is 11.6 Å². The van der Waals surface area contributed by atoms with E-state index in [1.807, 2.05) is 18.2 Å². The molecule has 0 saturated carbocycles. The fourth-order valence-corrected chi connectivity index (χ4v) is 3.40. The van der Waals surface area contributed by atoms with Crippen LogP contribution in [0, 0.1) is 0 Å². The lowest BCUT2D eigenvalue weighted by Crippen LogP contribution is -2.32. The van der Waals surface area contributed by atoms with E-state index in [-0.39, 0.29) is 5.92 Å². The number of hydrogen-bond acceptors (Lipinski definition) is 5. The lowest BCUT2D eigenvalue weighted by atomic mass is 9.96. The molecule has 0 N–H and O–H groups in total. The van der Waals surface area contributed by atoms with Crippen LogP contribution >= 0.6 is 0 Å². The Balaban J connectivity index is 1.33. The normalized spacial score (nSPS) is 16.4. The average Bonchev–Trinajstić information content (AvgIpc) is 3.19. The zero-order valence-electron chi connectivity index (χ0n) is 15.1. The first-order chi connectivity index (χ1) is 13.5. The Labute approximate surface area is 160 Å². The molecule has 1 aliphatic rings. The molecule has 0 amide bonds. The summed E-state index contributed by atoms with van der Waals surface area (Å²) < 4.78 is 43.3. The van der Waals surface area contributed by atoms with Gasteiger partial charge in [0.15, 0.2) is 5.82 Å². The van der Waals surface area contributed by atoms with Gasteiger partial charge in [0.25, 0.3) is 5.89 Å².